The Hall–Kier alpha value is -4.13. The summed E-state index contributed by atoms with van der Waals surface area (Å²) >= 11 is 0. The molecule has 1 atom stereocenters. The molecule has 0 radical (unpaired) electrons. The molecule has 0 heterocycles. The zero-order chi connectivity index (χ0) is 22.1. The lowest BCUT2D eigenvalue weighted by atomic mass is 9.82. The third kappa shape index (κ3) is 3.61. The summed E-state index contributed by atoms with van der Waals surface area (Å²) in [5.74, 6) is -1.65. The van der Waals surface area contributed by atoms with Crippen molar-refractivity contribution in [1.82, 2.24) is 0 Å². The summed E-state index contributed by atoms with van der Waals surface area (Å²) < 4.78 is 4.90. The molecule has 0 saturated heterocycles. The minimum Gasteiger partial charge on any atom is -0.508 e. The average molecular weight is 417 g/mol. The Labute approximate surface area is 177 Å². The molecule has 156 valence electrons. The highest BCUT2D eigenvalue weighted by molar-refractivity contribution is 6.31. The molecule has 3 aromatic carbocycles. The molecule has 7 heteroatoms. The first-order chi connectivity index (χ1) is 14.9. The van der Waals surface area contributed by atoms with Gasteiger partial charge in [-0.3, -0.25) is 9.59 Å². The Morgan fingerprint density at radius 3 is 2.13 bits per heavy atom. The number of rotatable bonds is 5. The van der Waals surface area contributed by atoms with Crippen molar-refractivity contribution in [3.8, 4) is 11.5 Å². The van der Waals surface area contributed by atoms with Crippen molar-refractivity contribution in [2.75, 3.05) is 12.4 Å². The summed E-state index contributed by atoms with van der Waals surface area (Å²) in [6, 6.07) is 14.7. The third-order valence-electron chi connectivity index (χ3n) is 5.25. The highest BCUT2D eigenvalue weighted by Gasteiger charge is 2.35. The number of anilines is 1. The Morgan fingerprint density at radius 1 is 0.903 bits per heavy atom. The van der Waals surface area contributed by atoms with Crippen LogP contribution in [-0.2, 0) is 16.0 Å². The molecule has 1 aliphatic rings. The van der Waals surface area contributed by atoms with Crippen LogP contribution in [0.25, 0.3) is 0 Å². The van der Waals surface area contributed by atoms with Gasteiger partial charge in [-0.25, -0.2) is 4.79 Å². The molecule has 0 aliphatic heterocycles. The Bertz CT molecular complexity index is 1200. The molecule has 7 nitrogen and oxygen atoms in total. The van der Waals surface area contributed by atoms with E-state index in [0.29, 0.717) is 0 Å². The second-order valence-corrected chi connectivity index (χ2v) is 7.18. The highest BCUT2D eigenvalue weighted by Crippen LogP contribution is 2.37. The van der Waals surface area contributed by atoms with Crippen LogP contribution in [0.1, 0.15) is 37.4 Å². The van der Waals surface area contributed by atoms with Crippen LogP contribution in [-0.4, -0.2) is 40.9 Å². The fourth-order valence-electron chi connectivity index (χ4n) is 3.72. The lowest BCUT2D eigenvalue weighted by molar-refractivity contribution is -0.141. The first-order valence-electron chi connectivity index (χ1n) is 9.57. The van der Waals surface area contributed by atoms with Crippen molar-refractivity contribution in [2.24, 2.45) is 0 Å². The Kier molecular flexibility index (Phi) is 5.17. The van der Waals surface area contributed by atoms with Gasteiger partial charge in [0.15, 0.2) is 11.6 Å². The molecule has 31 heavy (non-hydrogen) atoms. The van der Waals surface area contributed by atoms with Crippen molar-refractivity contribution < 1.29 is 29.3 Å². The number of fused-ring (bicyclic) bond motifs is 2. The monoisotopic (exact) mass is 417 g/mol. The van der Waals surface area contributed by atoms with Gasteiger partial charge in [0.05, 0.1) is 18.2 Å². The van der Waals surface area contributed by atoms with Crippen molar-refractivity contribution in [2.45, 2.75) is 12.5 Å². The van der Waals surface area contributed by atoms with Crippen molar-refractivity contribution in [1.29, 1.82) is 0 Å². The van der Waals surface area contributed by atoms with E-state index in [4.69, 9.17) is 4.74 Å². The Morgan fingerprint density at radius 2 is 1.52 bits per heavy atom. The number of hydrogen-bond donors (Lipinski definition) is 3. The Balaban J connectivity index is 1.75. The van der Waals surface area contributed by atoms with Gasteiger partial charge in [-0.15, -0.1) is 0 Å². The zero-order valence-electron chi connectivity index (χ0n) is 16.6. The van der Waals surface area contributed by atoms with Gasteiger partial charge in [0.1, 0.15) is 17.5 Å². The van der Waals surface area contributed by atoms with Gasteiger partial charge in [-0.2, -0.15) is 0 Å². The van der Waals surface area contributed by atoms with Crippen molar-refractivity contribution >= 4 is 23.2 Å². The van der Waals surface area contributed by atoms with Crippen molar-refractivity contribution in [3.05, 3.63) is 88.5 Å². The minimum atomic E-state index is -0.872. The average Bonchev–Trinajstić information content (AvgIpc) is 2.78. The van der Waals surface area contributed by atoms with Crippen LogP contribution >= 0.6 is 0 Å². The number of phenols is 2. The molecule has 0 aromatic heterocycles. The summed E-state index contributed by atoms with van der Waals surface area (Å²) in [6.45, 7) is 0. The van der Waals surface area contributed by atoms with E-state index < -0.39 is 23.6 Å². The SMILES string of the molecule is COC(=O)[C@H](Cc1ccc(O)cc1)Nc1ccc(O)c2c1C(=O)c1ccccc1C2=O. The molecular weight excluding hydrogens is 398 g/mol. The molecule has 4 rings (SSSR count). The lowest BCUT2D eigenvalue weighted by Crippen LogP contribution is -2.34. The van der Waals surface area contributed by atoms with Gasteiger partial charge in [0.2, 0.25) is 0 Å². The third-order valence-corrected chi connectivity index (χ3v) is 5.25. The van der Waals surface area contributed by atoms with Gasteiger partial charge in [0, 0.05) is 23.2 Å². The van der Waals surface area contributed by atoms with Gasteiger partial charge < -0.3 is 20.3 Å². The summed E-state index contributed by atoms with van der Waals surface area (Å²) in [7, 11) is 1.26. The molecule has 0 unspecified atom stereocenters. The normalized spacial score (nSPS) is 13.2. The first kappa shape index (κ1) is 20.2. The maximum absolute atomic E-state index is 13.2. The quantitative estimate of drug-likeness (QED) is 0.338. The van der Waals surface area contributed by atoms with Crippen LogP contribution < -0.4 is 5.32 Å². The topological polar surface area (TPSA) is 113 Å². The number of carbonyl (C=O) groups excluding carboxylic acids is 3. The van der Waals surface area contributed by atoms with E-state index in [9.17, 15) is 24.6 Å². The van der Waals surface area contributed by atoms with Gasteiger partial charge in [-0.1, -0.05) is 36.4 Å². The summed E-state index contributed by atoms with van der Waals surface area (Å²) in [6.07, 6.45) is 0.210. The predicted molar refractivity (Wildman–Crippen MR) is 113 cm³/mol. The zero-order valence-corrected chi connectivity index (χ0v) is 16.6. The molecular formula is C24H19NO6. The largest absolute Gasteiger partial charge is 0.508 e. The van der Waals surface area contributed by atoms with Crippen LogP contribution in [0.2, 0.25) is 0 Å². The van der Waals surface area contributed by atoms with Gasteiger partial charge in [0.25, 0.3) is 0 Å². The second kappa shape index (κ2) is 7.95. The number of hydrogen-bond acceptors (Lipinski definition) is 7. The second-order valence-electron chi connectivity index (χ2n) is 7.18. The van der Waals surface area contributed by atoms with Crippen LogP contribution in [0.3, 0.4) is 0 Å². The molecule has 0 saturated carbocycles. The highest BCUT2D eigenvalue weighted by atomic mass is 16.5. The molecule has 3 N–H and O–H groups in total. The lowest BCUT2D eigenvalue weighted by Gasteiger charge is -2.24. The summed E-state index contributed by atoms with van der Waals surface area (Å²) in [5, 5.41) is 22.8. The van der Waals surface area contributed by atoms with E-state index in [2.05, 4.69) is 5.32 Å². The van der Waals surface area contributed by atoms with Crippen LogP contribution in [0.4, 0.5) is 5.69 Å². The number of methoxy groups -OCH3 is 1. The summed E-state index contributed by atoms with van der Waals surface area (Å²) in [4.78, 5) is 38.6. The summed E-state index contributed by atoms with van der Waals surface area (Å²) in [5.41, 5.74) is 1.38. The van der Waals surface area contributed by atoms with Crippen LogP contribution in [0, 0.1) is 0 Å². The molecule has 0 fully saturated rings. The molecule has 1 aliphatic carbocycles. The van der Waals surface area contributed by atoms with E-state index >= 15 is 0 Å². The first-order valence-corrected chi connectivity index (χ1v) is 9.57. The van der Waals surface area contributed by atoms with Crippen LogP contribution in [0.15, 0.2) is 60.7 Å². The number of esters is 1. The van der Waals surface area contributed by atoms with Gasteiger partial charge in [-0.05, 0) is 29.8 Å². The number of benzene rings is 3. The number of carbonyl (C=O) groups is 3. The number of nitrogens with one attached hydrogen (secondary N) is 1. The predicted octanol–water partition coefficient (Wildman–Crippen LogP) is 3.07. The molecule has 3 aromatic rings. The van der Waals surface area contributed by atoms with Crippen LogP contribution in [0.5, 0.6) is 11.5 Å². The fourth-order valence-corrected chi connectivity index (χ4v) is 3.72. The maximum Gasteiger partial charge on any atom is 0.328 e. The number of ether oxygens (including phenoxy) is 1. The number of phenolic OH excluding ortho intramolecular Hbond substituents is 2. The molecule has 0 amide bonds. The molecule has 0 spiro atoms. The van der Waals surface area contributed by atoms with E-state index in [0.717, 1.165) is 5.56 Å². The smallest absolute Gasteiger partial charge is 0.328 e. The molecule has 0 bridgehead atoms. The standard InChI is InChI=1S/C24H19NO6/c1-31-24(30)18(12-13-6-8-14(26)9-7-13)25-17-10-11-19(27)21-20(17)22(28)15-4-2-3-5-16(15)23(21)29/h2-11,18,25-27H,12H2,1H3/t18-/m0/s1. The van der Waals surface area contributed by atoms with E-state index in [1.807, 2.05) is 0 Å². The number of ketones is 2. The fraction of sp³-hybridized carbons (Fsp3) is 0.125. The van der Waals surface area contributed by atoms with Crippen molar-refractivity contribution in [3.63, 3.8) is 0 Å². The van der Waals surface area contributed by atoms with E-state index in [1.165, 1.54) is 31.4 Å². The van der Waals surface area contributed by atoms with E-state index in [-0.39, 0.29) is 45.9 Å². The number of aromatic hydroxyl groups is 2. The minimum absolute atomic E-state index is 0.0170. The van der Waals surface area contributed by atoms with Gasteiger partial charge >= 0.3 is 5.97 Å². The van der Waals surface area contributed by atoms with E-state index in [1.54, 1.807) is 36.4 Å². The maximum atomic E-state index is 13.2.